The molecule has 1 amide bonds. The third-order valence-electron chi connectivity index (χ3n) is 6.21. The summed E-state index contributed by atoms with van der Waals surface area (Å²) in [5.41, 5.74) is 7.88. The van der Waals surface area contributed by atoms with E-state index in [1.807, 2.05) is 6.07 Å². The zero-order valence-electron chi connectivity index (χ0n) is 23.0. The molecule has 0 unspecified atom stereocenters. The fourth-order valence-corrected chi connectivity index (χ4v) is 5.62. The van der Waals surface area contributed by atoms with Gasteiger partial charge in [0.1, 0.15) is 12.4 Å². The van der Waals surface area contributed by atoms with E-state index < -0.39 is 28.8 Å². The van der Waals surface area contributed by atoms with Crippen LogP contribution in [-0.2, 0) is 26.0 Å². The van der Waals surface area contributed by atoms with Crippen LogP contribution in [0.1, 0.15) is 16.1 Å². The number of hydrogen-bond acceptors (Lipinski definition) is 12. The second-order valence-corrected chi connectivity index (χ2v) is 11.1. The minimum Gasteiger partial charge on any atom is -0.489 e. The van der Waals surface area contributed by atoms with E-state index in [1.54, 1.807) is 19.2 Å². The molecule has 3 aromatic rings. The number of anilines is 2. The van der Waals surface area contributed by atoms with Gasteiger partial charge in [0.25, 0.3) is 5.91 Å². The van der Waals surface area contributed by atoms with Gasteiger partial charge >= 0.3 is 0 Å². The van der Waals surface area contributed by atoms with Gasteiger partial charge in [0.2, 0.25) is 10.0 Å². The number of amides is 1. The lowest BCUT2D eigenvalue weighted by Crippen LogP contribution is -2.39. The summed E-state index contributed by atoms with van der Waals surface area (Å²) in [6.07, 6.45) is -0.503. The SMILES string of the molecule is CNCc1cccc2c1OCCOCCOCCN(CC(O)O)S(=O)(=O)c1ccc(cc1)-c1cnc(N)c(n1)C(=O)N2. The zero-order chi connectivity index (χ0) is 30.1. The number of rotatable bonds is 4. The van der Waals surface area contributed by atoms with Gasteiger partial charge < -0.3 is 40.8 Å². The Hall–Kier alpha value is -3.70. The molecule has 2 aromatic carbocycles. The number of carbonyl (C=O) groups excluding carboxylic acids is 1. The van der Waals surface area contributed by atoms with Crippen molar-refractivity contribution in [2.45, 2.75) is 17.7 Å². The van der Waals surface area contributed by atoms with Gasteiger partial charge in [0.15, 0.2) is 17.8 Å². The number of nitrogens with zero attached hydrogens (tertiary/aromatic N) is 3. The summed E-state index contributed by atoms with van der Waals surface area (Å²) in [5.74, 6) is -0.235. The predicted octanol–water partition coefficient (Wildman–Crippen LogP) is 0.425. The first-order valence-corrected chi connectivity index (χ1v) is 14.6. The highest BCUT2D eigenvalue weighted by atomic mass is 32.2. The summed E-state index contributed by atoms with van der Waals surface area (Å²) in [6.45, 7) is 0.640. The molecule has 4 bridgehead atoms. The minimum absolute atomic E-state index is 0.00808. The minimum atomic E-state index is -4.10. The van der Waals surface area contributed by atoms with Crippen molar-refractivity contribution in [1.82, 2.24) is 19.6 Å². The molecule has 0 radical (unpaired) electrons. The Morgan fingerprint density at radius 2 is 1.79 bits per heavy atom. The first-order chi connectivity index (χ1) is 20.2. The van der Waals surface area contributed by atoms with E-state index in [0.29, 0.717) is 23.5 Å². The normalized spacial score (nSPS) is 17.0. The monoisotopic (exact) mass is 602 g/mol. The van der Waals surface area contributed by atoms with E-state index in [0.717, 1.165) is 9.87 Å². The lowest BCUT2D eigenvalue weighted by Gasteiger charge is -2.23. The molecule has 1 aromatic heterocycles. The fraction of sp³-hybridized carbons (Fsp3) is 0.370. The summed E-state index contributed by atoms with van der Waals surface area (Å²) in [4.78, 5) is 21.8. The number of benzene rings is 2. The van der Waals surface area contributed by atoms with Crippen LogP contribution < -0.4 is 21.1 Å². The van der Waals surface area contributed by atoms with Crippen LogP contribution in [0.2, 0.25) is 0 Å². The summed E-state index contributed by atoms with van der Waals surface area (Å²) in [6, 6.07) is 11.1. The van der Waals surface area contributed by atoms with Gasteiger partial charge in [-0.15, -0.1) is 0 Å². The second-order valence-electron chi connectivity index (χ2n) is 9.21. The molecule has 15 heteroatoms. The largest absolute Gasteiger partial charge is 0.489 e. The second kappa shape index (κ2) is 14.5. The number of nitrogens with one attached hydrogen (secondary N) is 2. The van der Waals surface area contributed by atoms with Crippen molar-refractivity contribution in [1.29, 1.82) is 0 Å². The Morgan fingerprint density at radius 1 is 1.07 bits per heavy atom. The maximum Gasteiger partial charge on any atom is 0.278 e. The molecular formula is C27H34N6O8S. The maximum absolute atomic E-state index is 13.3. The first-order valence-electron chi connectivity index (χ1n) is 13.2. The van der Waals surface area contributed by atoms with Crippen LogP contribution in [0.3, 0.4) is 0 Å². The van der Waals surface area contributed by atoms with E-state index in [4.69, 9.17) is 19.9 Å². The van der Waals surface area contributed by atoms with E-state index in [9.17, 15) is 23.4 Å². The number of aliphatic hydroxyl groups is 2. The van der Waals surface area contributed by atoms with Crippen LogP contribution in [0, 0.1) is 0 Å². The molecule has 0 fully saturated rings. The number of sulfonamides is 1. The van der Waals surface area contributed by atoms with E-state index >= 15 is 0 Å². The van der Waals surface area contributed by atoms with Crippen LogP contribution in [-0.4, -0.2) is 98.3 Å². The number of nitrogen functional groups attached to an aromatic ring is 1. The lowest BCUT2D eigenvalue weighted by molar-refractivity contribution is -0.0519. The van der Waals surface area contributed by atoms with Crippen LogP contribution in [0.4, 0.5) is 11.5 Å². The van der Waals surface area contributed by atoms with Crippen molar-refractivity contribution < 1.29 is 37.6 Å². The van der Waals surface area contributed by atoms with E-state index in [-0.39, 0.29) is 61.7 Å². The zero-order valence-corrected chi connectivity index (χ0v) is 23.8. The van der Waals surface area contributed by atoms with Crippen LogP contribution >= 0.6 is 0 Å². The molecule has 3 heterocycles. The van der Waals surface area contributed by atoms with Crippen molar-refractivity contribution in [2.24, 2.45) is 0 Å². The number of aromatic nitrogens is 2. The van der Waals surface area contributed by atoms with Crippen molar-refractivity contribution in [2.75, 3.05) is 64.2 Å². The lowest BCUT2D eigenvalue weighted by atomic mass is 10.1. The number of fused-ring (bicyclic) bond motifs is 13. The molecular weight excluding hydrogens is 568 g/mol. The smallest absolute Gasteiger partial charge is 0.278 e. The standard InChI is InChI=1S/C27H34N6O8S/c1-29-15-19-3-2-4-21-25(19)41-14-13-40-12-11-39-10-9-33(17-23(34)35)42(37,38)20-7-5-18(6-8-20)22-16-30-26(28)24(31-22)27(36)32-21/h2-8,16,23,29,34-35H,9-15,17H2,1H3,(H2,28,30)(H,32,36). The molecule has 42 heavy (non-hydrogen) atoms. The highest BCUT2D eigenvalue weighted by Gasteiger charge is 2.26. The topological polar surface area (TPSA) is 198 Å². The quantitative estimate of drug-likeness (QED) is 0.204. The van der Waals surface area contributed by atoms with Gasteiger partial charge in [-0.3, -0.25) is 4.79 Å². The molecule has 6 N–H and O–H groups in total. The fourth-order valence-electron chi connectivity index (χ4n) is 4.20. The van der Waals surface area contributed by atoms with Crippen molar-refractivity contribution in [3.8, 4) is 17.0 Å². The first kappa shape index (κ1) is 31.2. The van der Waals surface area contributed by atoms with Gasteiger partial charge in [-0.2, -0.15) is 4.31 Å². The van der Waals surface area contributed by atoms with Gasteiger partial charge in [-0.05, 0) is 25.2 Å². The molecule has 5 rings (SSSR count). The number of nitrogens with two attached hydrogens (primary N) is 1. The average molecular weight is 603 g/mol. The Kier molecular flexibility index (Phi) is 10.8. The number of hydrogen-bond donors (Lipinski definition) is 5. The van der Waals surface area contributed by atoms with Crippen molar-refractivity contribution >= 4 is 27.4 Å². The summed E-state index contributed by atoms with van der Waals surface area (Å²) in [5, 5.41) is 24.9. The van der Waals surface area contributed by atoms with Gasteiger partial charge in [-0.25, -0.2) is 18.4 Å². The average Bonchev–Trinajstić information content (AvgIpc) is 2.96. The van der Waals surface area contributed by atoms with E-state index in [1.165, 1.54) is 30.5 Å². The van der Waals surface area contributed by atoms with Crippen LogP contribution in [0.5, 0.6) is 5.75 Å². The van der Waals surface area contributed by atoms with Gasteiger partial charge in [0.05, 0.1) is 55.4 Å². The number of carbonyl (C=O) groups is 1. The highest BCUT2D eigenvalue weighted by Crippen LogP contribution is 2.30. The Morgan fingerprint density at radius 3 is 2.50 bits per heavy atom. The van der Waals surface area contributed by atoms with E-state index in [2.05, 4.69) is 20.6 Å². The Labute approximate surface area is 243 Å². The van der Waals surface area contributed by atoms with Crippen molar-refractivity contribution in [3.05, 3.63) is 59.9 Å². The molecule has 2 aliphatic rings. The molecule has 0 spiro atoms. The van der Waals surface area contributed by atoms with Crippen LogP contribution in [0.25, 0.3) is 11.3 Å². The van der Waals surface area contributed by atoms with Gasteiger partial charge in [0, 0.05) is 24.2 Å². The number of para-hydroxylation sites is 1. The molecule has 14 nitrogen and oxygen atoms in total. The Balaban J connectivity index is 1.69. The molecule has 226 valence electrons. The predicted molar refractivity (Wildman–Crippen MR) is 153 cm³/mol. The summed E-state index contributed by atoms with van der Waals surface area (Å²) in [7, 11) is -2.30. The van der Waals surface area contributed by atoms with Gasteiger partial charge in [-0.1, -0.05) is 24.3 Å². The summed E-state index contributed by atoms with van der Waals surface area (Å²) < 4.78 is 44.5. The molecule has 0 saturated carbocycles. The maximum atomic E-state index is 13.3. The molecule has 2 aliphatic heterocycles. The molecule has 0 saturated heterocycles. The Bertz CT molecular complexity index is 1470. The highest BCUT2D eigenvalue weighted by molar-refractivity contribution is 7.89. The summed E-state index contributed by atoms with van der Waals surface area (Å²) >= 11 is 0. The molecule has 0 aliphatic carbocycles. The van der Waals surface area contributed by atoms with Crippen molar-refractivity contribution in [3.63, 3.8) is 0 Å². The third-order valence-corrected chi connectivity index (χ3v) is 8.09. The third kappa shape index (κ3) is 7.77. The van der Waals surface area contributed by atoms with Crippen LogP contribution in [0.15, 0.2) is 53.6 Å². The number of aliphatic hydroxyl groups excluding tert-OH is 1. The molecule has 0 atom stereocenters. The number of ether oxygens (including phenoxy) is 3.